The van der Waals surface area contributed by atoms with Crippen LogP contribution in [0.4, 0.5) is 0 Å². The highest BCUT2D eigenvalue weighted by Gasteiger charge is 2.26. The van der Waals surface area contributed by atoms with Crippen molar-refractivity contribution < 1.29 is 18.7 Å². The van der Waals surface area contributed by atoms with Gasteiger partial charge in [0, 0.05) is 16.7 Å². The van der Waals surface area contributed by atoms with Gasteiger partial charge in [0.25, 0.3) is 5.91 Å². The van der Waals surface area contributed by atoms with Gasteiger partial charge in [-0.15, -0.1) is 0 Å². The minimum absolute atomic E-state index is 0.0361. The van der Waals surface area contributed by atoms with E-state index in [1.54, 1.807) is 49.4 Å². The predicted octanol–water partition coefficient (Wildman–Crippen LogP) is 4.15. The van der Waals surface area contributed by atoms with E-state index in [2.05, 4.69) is 0 Å². The van der Waals surface area contributed by atoms with Gasteiger partial charge >= 0.3 is 5.97 Å². The van der Waals surface area contributed by atoms with Crippen molar-refractivity contribution in [3.05, 3.63) is 106 Å². The van der Waals surface area contributed by atoms with E-state index < -0.39 is 18.0 Å². The zero-order valence-electron chi connectivity index (χ0n) is 16.7. The van der Waals surface area contributed by atoms with Gasteiger partial charge in [0.1, 0.15) is 11.3 Å². The Hall–Kier alpha value is -4.19. The molecule has 0 saturated heterocycles. The van der Waals surface area contributed by atoms with Crippen LogP contribution < -0.4 is 11.2 Å². The van der Waals surface area contributed by atoms with Crippen molar-refractivity contribution in [2.24, 2.45) is 5.73 Å². The third kappa shape index (κ3) is 3.83. The summed E-state index contributed by atoms with van der Waals surface area (Å²) in [7, 11) is 0. The zero-order valence-corrected chi connectivity index (χ0v) is 16.7. The van der Waals surface area contributed by atoms with E-state index in [1.807, 2.05) is 30.3 Å². The molecule has 0 aliphatic rings. The first-order valence-corrected chi connectivity index (χ1v) is 9.64. The summed E-state index contributed by atoms with van der Waals surface area (Å²) in [5.74, 6) is -1.25. The summed E-state index contributed by atoms with van der Waals surface area (Å²) in [4.78, 5) is 37.9. The number of nitrogens with two attached hydrogens (primary N) is 1. The van der Waals surface area contributed by atoms with Crippen LogP contribution in [-0.4, -0.2) is 11.9 Å². The van der Waals surface area contributed by atoms with Crippen LogP contribution in [0.2, 0.25) is 0 Å². The first kappa shape index (κ1) is 20.1. The summed E-state index contributed by atoms with van der Waals surface area (Å²) < 4.78 is 11.5. The fourth-order valence-electron chi connectivity index (χ4n) is 3.42. The van der Waals surface area contributed by atoms with Gasteiger partial charge in [0.05, 0.1) is 5.39 Å². The molecule has 154 valence electrons. The molecule has 1 heterocycles. The molecule has 4 aromatic rings. The monoisotopic (exact) mass is 413 g/mol. The van der Waals surface area contributed by atoms with Crippen LogP contribution in [0.5, 0.6) is 0 Å². The average Bonchev–Trinajstić information content (AvgIpc) is 2.80. The van der Waals surface area contributed by atoms with Crippen LogP contribution in [0.3, 0.4) is 0 Å². The van der Waals surface area contributed by atoms with Crippen LogP contribution in [0.1, 0.15) is 27.6 Å². The van der Waals surface area contributed by atoms with Crippen molar-refractivity contribution in [1.82, 2.24) is 0 Å². The number of carbonyl (C=O) groups is 2. The fourth-order valence-corrected chi connectivity index (χ4v) is 3.42. The van der Waals surface area contributed by atoms with Gasteiger partial charge in [-0.3, -0.25) is 9.59 Å². The molecule has 0 aliphatic carbocycles. The Morgan fingerprint density at radius 2 is 1.55 bits per heavy atom. The lowest BCUT2D eigenvalue weighted by molar-refractivity contribution is -0.127. The van der Waals surface area contributed by atoms with E-state index in [-0.39, 0.29) is 22.0 Å². The number of amides is 1. The lowest BCUT2D eigenvalue weighted by Crippen LogP contribution is -2.26. The molecule has 0 saturated carbocycles. The van der Waals surface area contributed by atoms with Crippen molar-refractivity contribution in [2.75, 3.05) is 0 Å². The number of benzene rings is 3. The molecule has 6 nitrogen and oxygen atoms in total. The number of ether oxygens (including phenoxy) is 1. The number of primary amides is 1. The molecule has 0 fully saturated rings. The van der Waals surface area contributed by atoms with Crippen LogP contribution in [0, 0.1) is 6.92 Å². The van der Waals surface area contributed by atoms with Crippen LogP contribution in [0.25, 0.3) is 22.3 Å². The Balaban J connectivity index is 1.82. The lowest BCUT2D eigenvalue weighted by Gasteiger charge is -2.16. The Bertz CT molecular complexity index is 1330. The SMILES string of the molecule is Cc1c(-c2ccccc2)oc2c(C(=O)O[C@H](C(N)=O)c3ccccc3)cccc2c1=O. The minimum atomic E-state index is -1.27. The van der Waals surface area contributed by atoms with Gasteiger partial charge in [-0.05, 0) is 19.1 Å². The number of hydrogen-bond acceptors (Lipinski definition) is 5. The first-order valence-electron chi connectivity index (χ1n) is 9.64. The molecule has 6 heteroatoms. The Morgan fingerprint density at radius 1 is 0.903 bits per heavy atom. The number of rotatable bonds is 5. The number of fused-ring (bicyclic) bond motifs is 1. The maximum Gasteiger partial charge on any atom is 0.343 e. The van der Waals surface area contributed by atoms with Gasteiger partial charge in [-0.25, -0.2) is 4.79 Å². The number of esters is 1. The largest absolute Gasteiger partial charge is 0.455 e. The molecule has 2 N–H and O–H groups in total. The van der Waals surface area contributed by atoms with Gasteiger partial charge in [0.2, 0.25) is 6.10 Å². The van der Waals surface area contributed by atoms with Crippen molar-refractivity contribution in [3.8, 4) is 11.3 Å². The second kappa shape index (κ2) is 8.28. The summed E-state index contributed by atoms with van der Waals surface area (Å²) in [6.45, 7) is 1.68. The molecule has 0 bridgehead atoms. The molecular formula is C25H19NO5. The van der Waals surface area contributed by atoms with E-state index in [9.17, 15) is 14.4 Å². The predicted molar refractivity (Wildman–Crippen MR) is 116 cm³/mol. The maximum absolute atomic E-state index is 13.0. The highest BCUT2D eigenvalue weighted by molar-refractivity contribution is 6.03. The van der Waals surface area contributed by atoms with Gasteiger partial charge in [-0.2, -0.15) is 0 Å². The van der Waals surface area contributed by atoms with E-state index >= 15 is 0 Å². The Labute approximate surface area is 177 Å². The quantitative estimate of drug-likeness (QED) is 0.496. The van der Waals surface area contributed by atoms with Gasteiger partial charge in [0.15, 0.2) is 11.0 Å². The zero-order chi connectivity index (χ0) is 22.0. The van der Waals surface area contributed by atoms with Gasteiger partial charge in [-0.1, -0.05) is 66.7 Å². The molecule has 1 atom stereocenters. The molecule has 0 aliphatic heterocycles. The summed E-state index contributed by atoms with van der Waals surface area (Å²) in [5, 5.41) is 0.252. The maximum atomic E-state index is 13.0. The Kier molecular flexibility index (Phi) is 5.37. The standard InChI is InChI=1S/C25H19NO5/c1-15-20(27)18-13-8-14-19(23(18)30-21(15)16-9-4-2-5-10-16)25(29)31-22(24(26)28)17-11-6-3-7-12-17/h2-14,22H,1H3,(H2,26,28)/t22-/m0/s1. The summed E-state index contributed by atoms with van der Waals surface area (Å²) in [6, 6.07) is 22.3. The van der Waals surface area contributed by atoms with Crippen molar-refractivity contribution >= 4 is 22.8 Å². The van der Waals surface area contributed by atoms with E-state index in [0.29, 0.717) is 22.5 Å². The molecular weight excluding hydrogens is 394 g/mol. The number of hydrogen-bond donors (Lipinski definition) is 1. The molecule has 0 unspecified atom stereocenters. The lowest BCUT2D eigenvalue weighted by atomic mass is 10.0. The van der Waals surface area contributed by atoms with Crippen molar-refractivity contribution in [3.63, 3.8) is 0 Å². The fraction of sp³-hybridized carbons (Fsp3) is 0.0800. The summed E-state index contributed by atoms with van der Waals surface area (Å²) in [5.41, 5.74) is 6.94. The second-order valence-electron chi connectivity index (χ2n) is 7.03. The van der Waals surface area contributed by atoms with E-state index in [0.717, 1.165) is 0 Å². The summed E-state index contributed by atoms with van der Waals surface area (Å²) in [6.07, 6.45) is -1.27. The smallest absolute Gasteiger partial charge is 0.343 e. The average molecular weight is 413 g/mol. The van der Waals surface area contributed by atoms with Gasteiger partial charge < -0.3 is 14.9 Å². The molecule has 4 rings (SSSR count). The highest BCUT2D eigenvalue weighted by Crippen LogP contribution is 2.28. The summed E-state index contributed by atoms with van der Waals surface area (Å²) >= 11 is 0. The molecule has 31 heavy (non-hydrogen) atoms. The molecule has 0 radical (unpaired) electrons. The van der Waals surface area contributed by atoms with Crippen LogP contribution in [0.15, 0.2) is 88.1 Å². The normalized spacial score (nSPS) is 11.8. The van der Waals surface area contributed by atoms with Crippen molar-refractivity contribution in [1.29, 1.82) is 0 Å². The van der Waals surface area contributed by atoms with Crippen LogP contribution >= 0.6 is 0 Å². The first-order chi connectivity index (χ1) is 15.0. The third-order valence-electron chi connectivity index (χ3n) is 4.99. The molecule has 1 amide bonds. The number of carbonyl (C=O) groups excluding carboxylic acids is 2. The van der Waals surface area contributed by atoms with E-state index in [1.165, 1.54) is 6.07 Å². The van der Waals surface area contributed by atoms with Crippen molar-refractivity contribution in [2.45, 2.75) is 13.0 Å². The third-order valence-corrected chi connectivity index (χ3v) is 4.99. The molecule has 0 spiro atoms. The van der Waals surface area contributed by atoms with Crippen LogP contribution in [-0.2, 0) is 9.53 Å². The minimum Gasteiger partial charge on any atom is -0.455 e. The topological polar surface area (TPSA) is 99.6 Å². The number of para-hydroxylation sites is 1. The van der Waals surface area contributed by atoms with E-state index in [4.69, 9.17) is 14.9 Å². The molecule has 1 aromatic heterocycles. The highest BCUT2D eigenvalue weighted by atomic mass is 16.5. The second-order valence-corrected chi connectivity index (χ2v) is 7.03. The Morgan fingerprint density at radius 3 is 2.19 bits per heavy atom. The molecule has 3 aromatic carbocycles.